The Balaban J connectivity index is 1.47. The highest BCUT2D eigenvalue weighted by Gasteiger charge is 2.37. The summed E-state index contributed by atoms with van der Waals surface area (Å²) in [7, 11) is 0. The number of fused-ring (bicyclic) bond motifs is 1. The fourth-order valence-electron chi connectivity index (χ4n) is 5.06. The maximum atomic E-state index is 12.6. The average Bonchev–Trinajstić information content (AvgIpc) is 2.85. The number of amides is 2. The van der Waals surface area contributed by atoms with E-state index in [2.05, 4.69) is 22.8 Å². The summed E-state index contributed by atoms with van der Waals surface area (Å²) >= 11 is 0. The highest BCUT2D eigenvalue weighted by molar-refractivity contribution is 5.83. The number of alkyl halides is 2. The number of aromatic nitrogens is 1. The molecule has 37 heavy (non-hydrogen) atoms. The Kier molecular flexibility index (Phi) is 11.3. The summed E-state index contributed by atoms with van der Waals surface area (Å²) in [5.74, 6) is -0.111. The zero-order valence-corrected chi connectivity index (χ0v) is 21.9. The summed E-state index contributed by atoms with van der Waals surface area (Å²) in [4.78, 5) is 32.8. The fraction of sp³-hybridized carbons (Fsp3) is 0.731. The number of aryl methyl sites for hydroxylation is 2. The molecule has 0 saturated carbocycles. The number of nitrogens with one attached hydrogen (secondary N) is 2. The van der Waals surface area contributed by atoms with Crippen LogP contribution in [0.2, 0.25) is 0 Å². The van der Waals surface area contributed by atoms with Crippen molar-refractivity contribution in [2.24, 2.45) is 0 Å². The molecule has 1 aromatic heterocycles. The van der Waals surface area contributed by atoms with Gasteiger partial charge in [0.1, 0.15) is 18.5 Å². The topological polar surface area (TPSA) is 107 Å². The molecule has 1 fully saturated rings. The van der Waals surface area contributed by atoms with Crippen LogP contribution in [0.5, 0.6) is 0 Å². The third kappa shape index (κ3) is 9.07. The molecule has 1 aromatic rings. The fourth-order valence-corrected chi connectivity index (χ4v) is 5.06. The van der Waals surface area contributed by atoms with Crippen LogP contribution in [0.1, 0.15) is 57.2 Å². The van der Waals surface area contributed by atoms with Gasteiger partial charge in [0.05, 0.1) is 6.61 Å². The third-order valence-electron chi connectivity index (χ3n) is 7.10. The number of nitrogens with zero attached hydrogens (tertiary/aromatic N) is 3. The molecular formula is C26H41F2N5O4. The van der Waals surface area contributed by atoms with E-state index in [9.17, 15) is 23.5 Å². The summed E-state index contributed by atoms with van der Waals surface area (Å²) in [5, 5.41) is 15.7. The van der Waals surface area contributed by atoms with Gasteiger partial charge in [0.15, 0.2) is 0 Å². The summed E-state index contributed by atoms with van der Waals surface area (Å²) in [5.41, 5.74) is 2.28. The first-order valence-electron chi connectivity index (χ1n) is 13.4. The molecule has 0 bridgehead atoms. The van der Waals surface area contributed by atoms with Crippen molar-refractivity contribution in [3.05, 3.63) is 23.4 Å². The molecule has 3 N–H and O–H groups in total. The van der Waals surface area contributed by atoms with Crippen molar-refractivity contribution in [3.8, 4) is 0 Å². The number of carbonyl (C=O) groups is 2. The maximum Gasteiger partial charge on any atom is 0.326 e. The molecule has 208 valence electrons. The Morgan fingerprint density at radius 1 is 1.24 bits per heavy atom. The molecule has 9 nitrogen and oxygen atoms in total. The van der Waals surface area contributed by atoms with Crippen molar-refractivity contribution >= 4 is 17.8 Å². The molecule has 3 atom stereocenters. The molecule has 3 unspecified atom stereocenters. The van der Waals surface area contributed by atoms with Gasteiger partial charge in [-0.3, -0.25) is 0 Å². The number of urea groups is 1. The predicted molar refractivity (Wildman–Crippen MR) is 137 cm³/mol. The number of anilines is 1. The van der Waals surface area contributed by atoms with Crippen LogP contribution in [0, 0.1) is 0 Å². The Bertz CT molecular complexity index is 883. The van der Waals surface area contributed by atoms with Crippen LogP contribution in [0.4, 0.5) is 19.4 Å². The van der Waals surface area contributed by atoms with Gasteiger partial charge in [-0.05, 0) is 77.0 Å². The van der Waals surface area contributed by atoms with E-state index in [1.807, 2.05) is 18.7 Å². The molecule has 0 spiro atoms. The van der Waals surface area contributed by atoms with Crippen molar-refractivity contribution in [1.29, 1.82) is 0 Å². The number of likely N-dealkylation sites (tertiary alicyclic amines) is 1. The number of carbonyl (C=O) groups excluding carboxylic acids is 1. The van der Waals surface area contributed by atoms with Crippen molar-refractivity contribution in [1.82, 2.24) is 20.1 Å². The van der Waals surface area contributed by atoms with Gasteiger partial charge in [0, 0.05) is 37.4 Å². The summed E-state index contributed by atoms with van der Waals surface area (Å²) in [6, 6.07) is 3.00. The molecule has 1 saturated heterocycles. The van der Waals surface area contributed by atoms with E-state index >= 15 is 0 Å². The molecule has 2 amide bonds. The van der Waals surface area contributed by atoms with E-state index in [1.165, 1.54) is 5.56 Å². The lowest BCUT2D eigenvalue weighted by atomic mass is 9.96. The van der Waals surface area contributed by atoms with E-state index in [-0.39, 0.29) is 31.1 Å². The van der Waals surface area contributed by atoms with E-state index in [0.29, 0.717) is 19.6 Å². The van der Waals surface area contributed by atoms with Crippen molar-refractivity contribution in [3.63, 3.8) is 0 Å². The monoisotopic (exact) mass is 525 g/mol. The van der Waals surface area contributed by atoms with Crippen LogP contribution in [0.3, 0.4) is 0 Å². The first-order valence-corrected chi connectivity index (χ1v) is 13.4. The molecule has 2 aliphatic heterocycles. The highest BCUT2D eigenvalue weighted by atomic mass is 19.3. The zero-order chi connectivity index (χ0) is 26.8. The number of ether oxygens (including phenoxy) is 1. The number of aliphatic carboxylic acids is 1. The second-order valence-corrected chi connectivity index (χ2v) is 10.1. The predicted octanol–water partition coefficient (Wildman–Crippen LogP) is 3.38. The van der Waals surface area contributed by atoms with Crippen molar-refractivity contribution < 1.29 is 28.2 Å². The molecule has 3 rings (SSSR count). The largest absolute Gasteiger partial charge is 0.480 e. The minimum Gasteiger partial charge on any atom is -0.480 e. The van der Waals surface area contributed by atoms with Gasteiger partial charge in [-0.25, -0.2) is 23.4 Å². The normalized spacial score (nSPS) is 19.8. The smallest absolute Gasteiger partial charge is 0.326 e. The number of rotatable bonds is 15. The number of carboxylic acids is 1. The lowest BCUT2D eigenvalue weighted by Crippen LogP contribution is -2.61. The van der Waals surface area contributed by atoms with Crippen LogP contribution in [-0.4, -0.2) is 95.8 Å². The number of hydrogen-bond acceptors (Lipinski definition) is 6. The number of hydrogen-bond donors (Lipinski definition) is 3. The van der Waals surface area contributed by atoms with Gasteiger partial charge in [0.25, 0.3) is 6.43 Å². The number of pyridine rings is 1. The van der Waals surface area contributed by atoms with Gasteiger partial charge in [-0.15, -0.1) is 0 Å². The Morgan fingerprint density at radius 2 is 2.03 bits per heavy atom. The van der Waals surface area contributed by atoms with Crippen LogP contribution in [-0.2, 0) is 22.4 Å². The van der Waals surface area contributed by atoms with Crippen molar-refractivity contribution in [2.75, 3.05) is 44.7 Å². The molecule has 3 heterocycles. The Morgan fingerprint density at radius 3 is 2.73 bits per heavy atom. The van der Waals surface area contributed by atoms with Gasteiger partial charge < -0.3 is 30.3 Å². The second kappa shape index (κ2) is 14.4. The summed E-state index contributed by atoms with van der Waals surface area (Å²) in [6.07, 6.45) is 3.31. The lowest BCUT2D eigenvalue weighted by Gasteiger charge is -2.45. The highest BCUT2D eigenvalue weighted by Crippen LogP contribution is 2.25. The quantitative estimate of drug-likeness (QED) is 0.302. The van der Waals surface area contributed by atoms with Gasteiger partial charge >= 0.3 is 12.0 Å². The molecule has 0 radical (unpaired) electrons. The Labute approximate surface area is 217 Å². The summed E-state index contributed by atoms with van der Waals surface area (Å²) in [6.45, 7) is 5.82. The molecule has 0 aliphatic carbocycles. The molecular weight excluding hydrogens is 484 g/mol. The standard InChI is InChI=1S/C26H41F2N5O4/c1-18-16-19(2)33(18)26(36)31-22(25(34)35)10-13-32(14-15-37-17-23(27)28)12-4-3-7-21-9-8-20-6-5-11-29-24(20)30-21/h8-9,18-19,22-23H,3-7,10-17H2,1-2H3,(H,29,30)(H,31,36)(H,34,35). The third-order valence-corrected chi connectivity index (χ3v) is 7.10. The van der Waals surface area contributed by atoms with E-state index < -0.39 is 25.0 Å². The minimum absolute atomic E-state index is 0.0910. The summed E-state index contributed by atoms with van der Waals surface area (Å²) < 4.78 is 29.9. The second-order valence-electron chi connectivity index (χ2n) is 10.1. The van der Waals surface area contributed by atoms with Gasteiger partial charge in [0.2, 0.25) is 0 Å². The number of halogens is 2. The molecule has 0 aromatic carbocycles. The minimum atomic E-state index is -2.52. The van der Waals surface area contributed by atoms with E-state index in [4.69, 9.17) is 9.72 Å². The van der Waals surface area contributed by atoms with Gasteiger partial charge in [-0.1, -0.05) is 6.07 Å². The number of unbranched alkanes of at least 4 members (excludes halogenated alkanes) is 1. The van der Waals surface area contributed by atoms with E-state index in [1.54, 1.807) is 4.90 Å². The van der Waals surface area contributed by atoms with Crippen LogP contribution >= 0.6 is 0 Å². The van der Waals surface area contributed by atoms with Gasteiger partial charge in [-0.2, -0.15) is 0 Å². The lowest BCUT2D eigenvalue weighted by molar-refractivity contribution is -0.139. The van der Waals surface area contributed by atoms with Crippen molar-refractivity contribution in [2.45, 2.75) is 83.3 Å². The first kappa shape index (κ1) is 29.0. The Hall–Kier alpha value is -2.53. The first-order chi connectivity index (χ1) is 17.7. The maximum absolute atomic E-state index is 12.6. The zero-order valence-electron chi connectivity index (χ0n) is 21.9. The van der Waals surface area contributed by atoms with E-state index in [0.717, 1.165) is 56.6 Å². The SMILES string of the molecule is CC1CC(C)N1C(=O)NC(CCN(CCCCc1ccc2c(n1)NCCC2)CCOCC(F)F)C(=O)O. The van der Waals surface area contributed by atoms with Crippen LogP contribution in [0.15, 0.2) is 12.1 Å². The molecule has 2 aliphatic rings. The average molecular weight is 526 g/mol. The number of carboxylic acid groups (broad SMARTS) is 1. The van der Waals surface area contributed by atoms with Crippen LogP contribution in [0.25, 0.3) is 0 Å². The van der Waals surface area contributed by atoms with Crippen LogP contribution < -0.4 is 10.6 Å². The molecule has 11 heteroatoms.